The van der Waals surface area contributed by atoms with Crippen LogP contribution < -0.4 is 5.73 Å². The van der Waals surface area contributed by atoms with Gasteiger partial charge in [-0.15, -0.1) is 0 Å². The Hall–Kier alpha value is -2.43. The first-order valence-electron chi connectivity index (χ1n) is 6.06. The number of nitrogens with zero attached hydrogens (tertiary/aromatic N) is 3. The summed E-state index contributed by atoms with van der Waals surface area (Å²) in [6, 6.07) is 6.75. The first kappa shape index (κ1) is 11.6. The minimum absolute atomic E-state index is 0.317. The number of hydrogen-bond acceptors (Lipinski definition) is 3. The van der Waals surface area contributed by atoms with Crippen molar-refractivity contribution < 1.29 is 4.39 Å². The van der Waals surface area contributed by atoms with E-state index >= 15 is 0 Å². The number of anilines is 1. The summed E-state index contributed by atoms with van der Waals surface area (Å²) in [4.78, 5) is 8.44. The van der Waals surface area contributed by atoms with E-state index in [1.165, 1.54) is 6.07 Å². The standard InChI is InChI=1S/C14H13FN4/c1-2-19-12-5-3-4-11(15)13(12)18-14(19)9-6-10(16)8-17-7-9/h3-8H,2,16H2,1H3. The summed E-state index contributed by atoms with van der Waals surface area (Å²) in [5, 5.41) is 0. The number of imidazole rings is 1. The molecule has 2 aromatic heterocycles. The molecule has 5 heteroatoms. The Morgan fingerprint density at radius 3 is 2.89 bits per heavy atom. The lowest BCUT2D eigenvalue weighted by molar-refractivity contribution is 0.637. The van der Waals surface area contributed by atoms with Crippen LogP contribution in [0.1, 0.15) is 6.92 Å². The third kappa shape index (κ3) is 1.83. The molecule has 0 bridgehead atoms. The Morgan fingerprint density at radius 1 is 1.32 bits per heavy atom. The number of aryl methyl sites for hydroxylation is 1. The van der Waals surface area contributed by atoms with E-state index in [1.54, 1.807) is 24.5 Å². The average molecular weight is 256 g/mol. The van der Waals surface area contributed by atoms with Gasteiger partial charge in [-0.2, -0.15) is 0 Å². The maximum atomic E-state index is 13.8. The van der Waals surface area contributed by atoms with Gasteiger partial charge in [0.2, 0.25) is 0 Å². The van der Waals surface area contributed by atoms with Crippen LogP contribution in [-0.2, 0) is 6.54 Å². The monoisotopic (exact) mass is 256 g/mol. The van der Waals surface area contributed by atoms with Crippen molar-refractivity contribution in [2.75, 3.05) is 5.73 Å². The number of rotatable bonds is 2. The topological polar surface area (TPSA) is 56.7 Å². The number of pyridine rings is 1. The molecule has 0 unspecified atom stereocenters. The molecule has 4 nitrogen and oxygen atoms in total. The normalized spacial score (nSPS) is 11.1. The summed E-state index contributed by atoms with van der Waals surface area (Å²) >= 11 is 0. The molecule has 96 valence electrons. The van der Waals surface area contributed by atoms with Crippen molar-refractivity contribution in [2.24, 2.45) is 0 Å². The van der Waals surface area contributed by atoms with Crippen molar-refractivity contribution in [1.29, 1.82) is 0 Å². The summed E-state index contributed by atoms with van der Waals surface area (Å²) in [7, 11) is 0. The van der Waals surface area contributed by atoms with Gasteiger partial charge in [0.15, 0.2) is 5.82 Å². The molecule has 19 heavy (non-hydrogen) atoms. The Labute approximate surface area is 109 Å². The van der Waals surface area contributed by atoms with Crippen LogP contribution in [0, 0.1) is 5.82 Å². The van der Waals surface area contributed by atoms with Crippen LogP contribution in [0.2, 0.25) is 0 Å². The summed E-state index contributed by atoms with van der Waals surface area (Å²) in [5.74, 6) is 0.366. The van der Waals surface area contributed by atoms with E-state index in [1.807, 2.05) is 17.6 Å². The van der Waals surface area contributed by atoms with E-state index in [0.29, 0.717) is 23.6 Å². The molecule has 0 fully saturated rings. The number of aromatic nitrogens is 3. The first-order chi connectivity index (χ1) is 9.20. The SMILES string of the molecule is CCn1c(-c2cncc(N)c2)nc2c(F)cccc21. The van der Waals surface area contributed by atoms with Crippen molar-refractivity contribution >= 4 is 16.7 Å². The molecular formula is C14H13FN4. The molecular weight excluding hydrogens is 243 g/mol. The minimum atomic E-state index is -0.317. The molecule has 0 spiro atoms. The molecule has 0 amide bonds. The van der Waals surface area contributed by atoms with E-state index in [-0.39, 0.29) is 5.82 Å². The molecule has 0 saturated carbocycles. The fourth-order valence-corrected chi connectivity index (χ4v) is 2.23. The van der Waals surface area contributed by atoms with Crippen LogP contribution in [0.25, 0.3) is 22.4 Å². The van der Waals surface area contributed by atoms with Gasteiger partial charge in [0.25, 0.3) is 0 Å². The Kier molecular flexibility index (Phi) is 2.67. The molecule has 0 aliphatic carbocycles. The quantitative estimate of drug-likeness (QED) is 0.767. The van der Waals surface area contributed by atoms with Gasteiger partial charge in [-0.1, -0.05) is 6.07 Å². The van der Waals surface area contributed by atoms with Gasteiger partial charge in [-0.25, -0.2) is 9.37 Å². The maximum Gasteiger partial charge on any atom is 0.151 e. The summed E-state index contributed by atoms with van der Waals surface area (Å²) in [5.41, 5.74) is 8.24. The molecule has 0 saturated heterocycles. The van der Waals surface area contributed by atoms with E-state index in [0.717, 1.165) is 11.1 Å². The number of nitrogens with two attached hydrogens (primary N) is 1. The Balaban J connectivity index is 2.32. The van der Waals surface area contributed by atoms with Crippen LogP contribution in [0.3, 0.4) is 0 Å². The predicted octanol–water partition coefficient (Wildman–Crippen LogP) is 2.84. The lowest BCUT2D eigenvalue weighted by Gasteiger charge is -2.06. The molecule has 3 aromatic rings. The minimum Gasteiger partial charge on any atom is -0.397 e. The van der Waals surface area contributed by atoms with Crippen LogP contribution in [0.5, 0.6) is 0 Å². The molecule has 1 aromatic carbocycles. The van der Waals surface area contributed by atoms with E-state index in [2.05, 4.69) is 9.97 Å². The largest absolute Gasteiger partial charge is 0.397 e. The van der Waals surface area contributed by atoms with Gasteiger partial charge in [-0.3, -0.25) is 4.98 Å². The zero-order valence-corrected chi connectivity index (χ0v) is 10.5. The van der Waals surface area contributed by atoms with Gasteiger partial charge in [0, 0.05) is 24.5 Å². The number of hydrogen-bond donors (Lipinski definition) is 1. The van der Waals surface area contributed by atoms with Crippen LogP contribution in [0.4, 0.5) is 10.1 Å². The maximum absolute atomic E-state index is 13.8. The third-order valence-electron chi connectivity index (χ3n) is 3.06. The predicted molar refractivity (Wildman–Crippen MR) is 73.0 cm³/mol. The molecule has 3 rings (SSSR count). The van der Waals surface area contributed by atoms with Gasteiger partial charge >= 0.3 is 0 Å². The molecule has 2 heterocycles. The zero-order chi connectivity index (χ0) is 13.4. The molecule has 0 radical (unpaired) electrons. The Bertz CT molecular complexity index is 748. The third-order valence-corrected chi connectivity index (χ3v) is 3.06. The smallest absolute Gasteiger partial charge is 0.151 e. The van der Waals surface area contributed by atoms with Crippen molar-refractivity contribution in [1.82, 2.24) is 14.5 Å². The number of halogens is 1. The highest BCUT2D eigenvalue weighted by molar-refractivity contribution is 5.81. The van der Waals surface area contributed by atoms with E-state index in [4.69, 9.17) is 5.73 Å². The van der Waals surface area contributed by atoms with Crippen LogP contribution in [-0.4, -0.2) is 14.5 Å². The van der Waals surface area contributed by atoms with E-state index < -0.39 is 0 Å². The summed E-state index contributed by atoms with van der Waals surface area (Å²) in [6.45, 7) is 2.69. The molecule has 2 N–H and O–H groups in total. The fourth-order valence-electron chi connectivity index (χ4n) is 2.23. The van der Waals surface area contributed by atoms with Gasteiger partial charge in [0.05, 0.1) is 11.2 Å². The molecule has 0 atom stereocenters. The zero-order valence-electron chi connectivity index (χ0n) is 10.5. The lowest BCUT2D eigenvalue weighted by Crippen LogP contribution is -1.98. The molecule has 0 aliphatic rings. The second kappa shape index (κ2) is 4.35. The molecule has 0 aliphatic heterocycles. The Morgan fingerprint density at radius 2 is 2.16 bits per heavy atom. The number of para-hydroxylation sites is 1. The van der Waals surface area contributed by atoms with Crippen LogP contribution >= 0.6 is 0 Å². The fraction of sp³-hybridized carbons (Fsp3) is 0.143. The number of fused-ring (bicyclic) bond motifs is 1. The summed E-state index contributed by atoms with van der Waals surface area (Å²) in [6.07, 6.45) is 3.25. The second-order valence-corrected chi connectivity index (χ2v) is 4.29. The highest BCUT2D eigenvalue weighted by atomic mass is 19.1. The van der Waals surface area contributed by atoms with E-state index in [9.17, 15) is 4.39 Å². The average Bonchev–Trinajstić information content (AvgIpc) is 2.79. The highest BCUT2D eigenvalue weighted by Gasteiger charge is 2.14. The summed E-state index contributed by atoms with van der Waals surface area (Å²) < 4.78 is 15.7. The van der Waals surface area contributed by atoms with Gasteiger partial charge < -0.3 is 10.3 Å². The highest BCUT2D eigenvalue weighted by Crippen LogP contribution is 2.26. The van der Waals surface area contributed by atoms with Crippen molar-refractivity contribution in [3.63, 3.8) is 0 Å². The number of nitrogen functional groups attached to an aromatic ring is 1. The van der Waals surface area contributed by atoms with Crippen molar-refractivity contribution in [3.8, 4) is 11.4 Å². The van der Waals surface area contributed by atoms with Gasteiger partial charge in [0.1, 0.15) is 11.3 Å². The van der Waals surface area contributed by atoms with Gasteiger partial charge in [-0.05, 0) is 25.1 Å². The second-order valence-electron chi connectivity index (χ2n) is 4.29. The lowest BCUT2D eigenvalue weighted by atomic mass is 10.2. The van der Waals surface area contributed by atoms with Crippen molar-refractivity contribution in [3.05, 3.63) is 42.5 Å². The first-order valence-corrected chi connectivity index (χ1v) is 6.06. The van der Waals surface area contributed by atoms with Crippen molar-refractivity contribution in [2.45, 2.75) is 13.5 Å². The van der Waals surface area contributed by atoms with Crippen LogP contribution in [0.15, 0.2) is 36.7 Å². The number of benzene rings is 1.